The third kappa shape index (κ3) is 4.08. The normalized spacial score (nSPS) is 17.4. The molecule has 0 aliphatic carbocycles. The molecule has 4 rings (SSSR count). The van der Waals surface area contributed by atoms with Crippen molar-refractivity contribution in [2.75, 3.05) is 11.9 Å². The predicted molar refractivity (Wildman–Crippen MR) is 108 cm³/mol. The van der Waals surface area contributed by atoms with Crippen LogP contribution in [-0.2, 0) is 14.8 Å². The van der Waals surface area contributed by atoms with Gasteiger partial charge in [0.1, 0.15) is 17.6 Å². The number of benzene rings is 1. The van der Waals surface area contributed by atoms with E-state index in [1.165, 1.54) is 12.1 Å². The standard InChI is InChI=1S/C19H21FN6O4S/c1-12(2)26-16(9-10-21-26)18-23-24-19(30-18)22-17(27)15-4-3-11-25(15)31(28,29)14-7-5-13(20)6-8-14/h5-10,12,15H,3-4,11H2,1-2H3,(H,22,24,27). The van der Waals surface area contributed by atoms with Crippen molar-refractivity contribution in [2.24, 2.45) is 0 Å². The summed E-state index contributed by atoms with van der Waals surface area (Å²) < 4.78 is 47.4. The number of anilines is 1. The molecule has 2 aromatic heterocycles. The van der Waals surface area contributed by atoms with Gasteiger partial charge in [-0.3, -0.25) is 14.8 Å². The van der Waals surface area contributed by atoms with Gasteiger partial charge in [0.05, 0.1) is 4.90 Å². The average Bonchev–Trinajstić information content (AvgIpc) is 3.47. The molecule has 3 heterocycles. The van der Waals surface area contributed by atoms with E-state index in [2.05, 4.69) is 20.6 Å². The van der Waals surface area contributed by atoms with Gasteiger partial charge >= 0.3 is 6.01 Å². The van der Waals surface area contributed by atoms with Crippen LogP contribution in [0.2, 0.25) is 0 Å². The summed E-state index contributed by atoms with van der Waals surface area (Å²) in [7, 11) is -3.96. The lowest BCUT2D eigenvalue weighted by molar-refractivity contribution is -0.119. The van der Waals surface area contributed by atoms with Crippen LogP contribution in [-0.4, -0.2) is 51.2 Å². The smallest absolute Gasteiger partial charge is 0.322 e. The van der Waals surface area contributed by atoms with Crippen LogP contribution in [0, 0.1) is 5.82 Å². The van der Waals surface area contributed by atoms with Crippen LogP contribution in [0.25, 0.3) is 11.6 Å². The van der Waals surface area contributed by atoms with Gasteiger partial charge < -0.3 is 4.42 Å². The molecule has 31 heavy (non-hydrogen) atoms. The second-order valence-electron chi connectivity index (χ2n) is 7.38. The third-order valence-electron chi connectivity index (χ3n) is 4.96. The maximum absolute atomic E-state index is 13.2. The fourth-order valence-corrected chi connectivity index (χ4v) is 5.15. The van der Waals surface area contributed by atoms with Crippen LogP contribution >= 0.6 is 0 Å². The molecule has 1 atom stereocenters. The number of nitrogens with one attached hydrogen (secondary N) is 1. The Morgan fingerprint density at radius 3 is 2.68 bits per heavy atom. The van der Waals surface area contributed by atoms with E-state index in [4.69, 9.17) is 4.42 Å². The lowest BCUT2D eigenvalue weighted by Gasteiger charge is -2.22. The largest absolute Gasteiger partial charge is 0.401 e. The highest BCUT2D eigenvalue weighted by molar-refractivity contribution is 7.89. The first-order valence-electron chi connectivity index (χ1n) is 9.73. The molecule has 1 aromatic carbocycles. The van der Waals surface area contributed by atoms with Crippen molar-refractivity contribution >= 4 is 21.9 Å². The number of amides is 1. The van der Waals surface area contributed by atoms with Crippen LogP contribution < -0.4 is 5.32 Å². The Labute approximate surface area is 178 Å². The zero-order valence-corrected chi connectivity index (χ0v) is 17.7. The monoisotopic (exact) mass is 448 g/mol. The molecule has 1 unspecified atom stereocenters. The number of aromatic nitrogens is 4. The van der Waals surface area contributed by atoms with Gasteiger partial charge in [-0.05, 0) is 57.0 Å². The van der Waals surface area contributed by atoms with Gasteiger partial charge in [-0.25, -0.2) is 12.8 Å². The average molecular weight is 448 g/mol. The first-order valence-corrected chi connectivity index (χ1v) is 11.2. The van der Waals surface area contributed by atoms with Gasteiger partial charge in [-0.15, -0.1) is 5.10 Å². The molecule has 12 heteroatoms. The van der Waals surface area contributed by atoms with Crippen LogP contribution in [0.15, 0.2) is 45.8 Å². The minimum absolute atomic E-state index is 0.0682. The minimum Gasteiger partial charge on any atom is -0.401 e. The highest BCUT2D eigenvalue weighted by atomic mass is 32.2. The number of rotatable bonds is 6. The molecule has 1 aliphatic heterocycles. The van der Waals surface area contributed by atoms with E-state index in [9.17, 15) is 17.6 Å². The molecule has 1 aliphatic rings. The Morgan fingerprint density at radius 1 is 1.23 bits per heavy atom. The first kappa shape index (κ1) is 21.1. The highest BCUT2D eigenvalue weighted by Crippen LogP contribution is 2.28. The van der Waals surface area contributed by atoms with Crippen LogP contribution in [0.3, 0.4) is 0 Å². The summed E-state index contributed by atoms with van der Waals surface area (Å²) in [6.07, 6.45) is 2.46. The van der Waals surface area contributed by atoms with Crippen molar-refractivity contribution in [1.29, 1.82) is 0 Å². The first-order chi connectivity index (χ1) is 14.8. The number of carbonyl (C=O) groups excluding carboxylic acids is 1. The quantitative estimate of drug-likeness (QED) is 0.614. The predicted octanol–water partition coefficient (Wildman–Crippen LogP) is 2.44. The summed E-state index contributed by atoms with van der Waals surface area (Å²) in [6, 6.07) is 5.21. The zero-order valence-electron chi connectivity index (χ0n) is 16.9. The molecule has 3 aromatic rings. The summed E-state index contributed by atoms with van der Waals surface area (Å²) in [5, 5.41) is 14.5. The minimum atomic E-state index is -3.96. The van der Waals surface area contributed by atoms with E-state index in [0.29, 0.717) is 18.5 Å². The van der Waals surface area contributed by atoms with Crippen LogP contribution in [0.4, 0.5) is 10.4 Å². The molecule has 0 bridgehead atoms. The van der Waals surface area contributed by atoms with Gasteiger partial charge in [0.15, 0.2) is 0 Å². The Kier molecular flexibility index (Phi) is 5.58. The van der Waals surface area contributed by atoms with Crippen molar-refractivity contribution in [2.45, 2.75) is 43.7 Å². The molecule has 10 nitrogen and oxygen atoms in total. The Morgan fingerprint density at radius 2 is 1.97 bits per heavy atom. The Hall–Kier alpha value is -3.12. The maximum atomic E-state index is 13.2. The number of carbonyl (C=O) groups is 1. The molecular formula is C19H21FN6O4S. The van der Waals surface area contributed by atoms with E-state index in [-0.39, 0.29) is 29.4 Å². The summed E-state index contributed by atoms with van der Waals surface area (Å²) in [4.78, 5) is 12.7. The lowest BCUT2D eigenvalue weighted by Crippen LogP contribution is -2.43. The van der Waals surface area contributed by atoms with E-state index in [0.717, 1.165) is 16.4 Å². The van der Waals surface area contributed by atoms with Gasteiger partial charge in [0.2, 0.25) is 15.9 Å². The van der Waals surface area contributed by atoms with Gasteiger partial charge in [-0.1, -0.05) is 5.10 Å². The van der Waals surface area contributed by atoms with E-state index in [1.54, 1.807) is 16.9 Å². The molecule has 164 valence electrons. The third-order valence-corrected chi connectivity index (χ3v) is 6.88. The zero-order chi connectivity index (χ0) is 22.2. The number of hydrogen-bond donors (Lipinski definition) is 1. The fraction of sp³-hybridized carbons (Fsp3) is 0.368. The highest BCUT2D eigenvalue weighted by Gasteiger charge is 2.40. The summed E-state index contributed by atoms with van der Waals surface area (Å²) in [5.74, 6) is -0.930. The molecule has 0 radical (unpaired) electrons. The summed E-state index contributed by atoms with van der Waals surface area (Å²) in [6.45, 7) is 4.08. The Bertz CT molecular complexity index is 1190. The molecule has 1 saturated heterocycles. The van der Waals surface area contributed by atoms with Crippen molar-refractivity contribution in [3.63, 3.8) is 0 Å². The summed E-state index contributed by atoms with van der Waals surface area (Å²) >= 11 is 0. The SMILES string of the molecule is CC(C)n1nccc1-c1nnc(NC(=O)C2CCCN2S(=O)(=O)c2ccc(F)cc2)o1. The van der Waals surface area contributed by atoms with Crippen LogP contribution in [0.5, 0.6) is 0 Å². The summed E-state index contributed by atoms with van der Waals surface area (Å²) in [5.41, 5.74) is 0.601. The molecule has 1 fully saturated rings. The van der Waals surface area contributed by atoms with E-state index in [1.807, 2.05) is 13.8 Å². The molecule has 0 saturated carbocycles. The van der Waals surface area contributed by atoms with Crippen molar-refractivity contribution < 1.29 is 22.0 Å². The number of hydrogen-bond acceptors (Lipinski definition) is 7. The second-order valence-corrected chi connectivity index (χ2v) is 9.27. The van der Waals surface area contributed by atoms with Crippen molar-refractivity contribution in [1.82, 2.24) is 24.3 Å². The lowest BCUT2D eigenvalue weighted by atomic mass is 10.2. The number of sulfonamides is 1. The van der Waals surface area contributed by atoms with Crippen molar-refractivity contribution in [3.05, 3.63) is 42.3 Å². The van der Waals surface area contributed by atoms with Gasteiger partial charge in [-0.2, -0.15) is 9.40 Å². The fourth-order valence-electron chi connectivity index (χ4n) is 3.49. The molecular weight excluding hydrogens is 427 g/mol. The van der Waals surface area contributed by atoms with Gasteiger partial charge in [0.25, 0.3) is 5.89 Å². The van der Waals surface area contributed by atoms with Crippen LogP contribution in [0.1, 0.15) is 32.7 Å². The topological polar surface area (TPSA) is 123 Å². The van der Waals surface area contributed by atoms with E-state index < -0.39 is 27.8 Å². The van der Waals surface area contributed by atoms with Crippen molar-refractivity contribution in [3.8, 4) is 11.6 Å². The molecule has 1 N–H and O–H groups in total. The second kappa shape index (κ2) is 8.19. The number of nitrogens with zero attached hydrogens (tertiary/aromatic N) is 5. The van der Waals surface area contributed by atoms with Gasteiger partial charge in [0, 0.05) is 18.8 Å². The molecule has 0 spiro atoms. The van der Waals surface area contributed by atoms with E-state index >= 15 is 0 Å². The Balaban J connectivity index is 1.51. The maximum Gasteiger partial charge on any atom is 0.322 e. The number of halogens is 1. The molecule has 1 amide bonds.